The van der Waals surface area contributed by atoms with Crippen LogP contribution < -0.4 is 22.1 Å². The zero-order valence-electron chi connectivity index (χ0n) is 22.0. The molecule has 0 bridgehead atoms. The average Bonchev–Trinajstić information content (AvgIpc) is 2.83. The summed E-state index contributed by atoms with van der Waals surface area (Å²) in [5.74, 6) is 5.45. The summed E-state index contributed by atoms with van der Waals surface area (Å²) >= 11 is 0. The Kier molecular flexibility index (Phi) is 6.94. The van der Waals surface area contributed by atoms with Crippen molar-refractivity contribution in [3.63, 3.8) is 0 Å². The number of ether oxygens (including phenoxy) is 1. The second-order valence-corrected chi connectivity index (χ2v) is 10.1. The summed E-state index contributed by atoms with van der Waals surface area (Å²) in [5, 5.41) is 7.64. The largest absolute Gasteiger partial charge is 0.456 e. The molecular weight excluding hydrogens is 468 g/mol. The molecule has 0 fully saturated rings. The number of para-hydroxylation sites is 1. The third-order valence-corrected chi connectivity index (χ3v) is 5.91. The number of hydrogen-bond acceptors (Lipinski definition) is 7. The Hall–Kier alpha value is -4.33. The van der Waals surface area contributed by atoms with Crippen molar-refractivity contribution in [3.05, 3.63) is 93.2 Å². The molecule has 0 aliphatic carbocycles. The summed E-state index contributed by atoms with van der Waals surface area (Å²) in [6.07, 6.45) is 1.81. The van der Waals surface area contributed by atoms with Gasteiger partial charge in [0.2, 0.25) is 0 Å². The minimum Gasteiger partial charge on any atom is -0.456 e. The van der Waals surface area contributed by atoms with E-state index in [-0.39, 0.29) is 11.5 Å². The van der Waals surface area contributed by atoms with E-state index in [9.17, 15) is 9.59 Å². The van der Waals surface area contributed by atoms with Crippen LogP contribution in [-0.4, -0.2) is 16.1 Å². The van der Waals surface area contributed by atoms with Crippen LogP contribution in [0.2, 0.25) is 0 Å². The number of nitrogens with zero attached hydrogens (tertiary/aromatic N) is 2. The summed E-state index contributed by atoms with van der Waals surface area (Å²) in [4.78, 5) is 26.0. The van der Waals surface area contributed by atoms with Gasteiger partial charge < -0.3 is 24.9 Å². The second kappa shape index (κ2) is 9.97. The highest BCUT2D eigenvalue weighted by Gasteiger charge is 2.22. The molecule has 0 saturated heterocycles. The first kappa shape index (κ1) is 25.8. The number of aryl methyl sites for hydroxylation is 2. The van der Waals surface area contributed by atoms with Gasteiger partial charge in [0.05, 0.1) is 17.0 Å². The lowest BCUT2D eigenvalue weighted by atomic mass is 10.00. The monoisotopic (exact) mass is 500 g/mol. The summed E-state index contributed by atoms with van der Waals surface area (Å²) in [6.45, 7) is 9.40. The van der Waals surface area contributed by atoms with E-state index in [4.69, 9.17) is 15.0 Å². The first-order valence-corrected chi connectivity index (χ1v) is 12.0. The van der Waals surface area contributed by atoms with Crippen molar-refractivity contribution < 1.29 is 13.9 Å². The lowest BCUT2D eigenvalue weighted by molar-refractivity contribution is 0.00706. The minimum absolute atomic E-state index is 0.141. The van der Waals surface area contributed by atoms with Gasteiger partial charge in [-0.25, -0.2) is 4.79 Å². The van der Waals surface area contributed by atoms with Gasteiger partial charge in [-0.1, -0.05) is 18.2 Å². The number of carbonyl (C=O) groups is 1. The Labute approximate surface area is 215 Å². The fraction of sp³-hybridized carbons (Fsp3) is 0.276. The minimum atomic E-state index is -0.616. The van der Waals surface area contributed by atoms with Crippen molar-refractivity contribution in [3.8, 4) is 11.3 Å². The lowest BCUT2D eigenvalue weighted by Crippen LogP contribution is -2.24. The van der Waals surface area contributed by atoms with Crippen molar-refractivity contribution in [1.82, 2.24) is 4.57 Å². The van der Waals surface area contributed by atoms with Gasteiger partial charge in [0.25, 0.3) is 0 Å². The van der Waals surface area contributed by atoms with E-state index in [1.54, 1.807) is 22.8 Å². The number of hydrogen-bond donors (Lipinski definition) is 2. The van der Waals surface area contributed by atoms with Crippen molar-refractivity contribution in [2.75, 3.05) is 5.32 Å². The summed E-state index contributed by atoms with van der Waals surface area (Å²) in [5.41, 5.74) is 3.82. The van der Waals surface area contributed by atoms with Crippen LogP contribution in [0.3, 0.4) is 0 Å². The van der Waals surface area contributed by atoms with Gasteiger partial charge in [-0.3, -0.25) is 4.79 Å². The van der Waals surface area contributed by atoms with E-state index in [1.165, 1.54) is 6.07 Å². The number of fused-ring (bicyclic) bond motifs is 1. The number of aromatic nitrogens is 1. The Bertz CT molecular complexity index is 1610. The fourth-order valence-electron chi connectivity index (χ4n) is 4.21. The van der Waals surface area contributed by atoms with Crippen LogP contribution in [0.25, 0.3) is 22.3 Å². The fourth-order valence-corrected chi connectivity index (χ4v) is 4.21. The number of benzene rings is 2. The SMILES string of the molecule is Cc1cc(C(C)Nc2ccccc2C(=O)OC(C)(C)C)c2oc(-c3cc/c(=N/N)n(C)c3)cc(=O)c2c1. The van der Waals surface area contributed by atoms with Crippen LogP contribution in [-0.2, 0) is 11.8 Å². The van der Waals surface area contributed by atoms with Gasteiger partial charge in [0.1, 0.15) is 16.9 Å². The first-order chi connectivity index (χ1) is 17.5. The standard InChI is InChI=1S/C29H32N4O4/c1-17-13-21(18(2)31-23-10-8-7-9-20(23)28(35)37-29(3,4)5)27-22(14-17)24(34)15-25(36-27)19-11-12-26(32-30)33(6)16-19/h7-16,18,31H,30H2,1-6H3/b32-26-. The third-order valence-electron chi connectivity index (χ3n) is 5.91. The number of anilines is 1. The normalized spacial score (nSPS) is 13.0. The zero-order chi connectivity index (χ0) is 26.9. The van der Waals surface area contributed by atoms with Crippen molar-refractivity contribution in [2.24, 2.45) is 18.0 Å². The van der Waals surface area contributed by atoms with E-state index >= 15 is 0 Å². The molecule has 1 unspecified atom stereocenters. The molecule has 8 nitrogen and oxygen atoms in total. The molecule has 2 aromatic heterocycles. The molecule has 4 rings (SSSR count). The van der Waals surface area contributed by atoms with Crippen LogP contribution in [0.1, 0.15) is 55.2 Å². The highest BCUT2D eigenvalue weighted by atomic mass is 16.6. The zero-order valence-corrected chi connectivity index (χ0v) is 22.0. The first-order valence-electron chi connectivity index (χ1n) is 12.0. The molecule has 0 aliphatic heterocycles. The number of nitrogens with two attached hydrogens (primary N) is 1. The number of rotatable bonds is 5. The number of carbonyl (C=O) groups excluding carboxylic acids is 1. The van der Waals surface area contributed by atoms with Crippen LogP contribution >= 0.6 is 0 Å². The van der Waals surface area contributed by atoms with E-state index in [2.05, 4.69) is 10.4 Å². The molecule has 0 amide bonds. The predicted molar refractivity (Wildman–Crippen MR) is 145 cm³/mol. The Morgan fingerprint density at radius 3 is 2.54 bits per heavy atom. The highest BCUT2D eigenvalue weighted by molar-refractivity contribution is 5.96. The van der Waals surface area contributed by atoms with E-state index in [0.717, 1.165) is 16.7 Å². The molecule has 0 spiro atoms. The average molecular weight is 501 g/mol. The maximum Gasteiger partial charge on any atom is 0.340 e. The molecule has 0 saturated carbocycles. The maximum absolute atomic E-state index is 13.2. The van der Waals surface area contributed by atoms with Crippen molar-refractivity contribution >= 4 is 22.6 Å². The summed E-state index contributed by atoms with van der Waals surface area (Å²) in [6, 6.07) is 15.8. The van der Waals surface area contributed by atoms with Gasteiger partial charge in [0.15, 0.2) is 10.9 Å². The number of esters is 1. The van der Waals surface area contributed by atoms with Crippen LogP contribution in [0.5, 0.6) is 0 Å². The molecule has 37 heavy (non-hydrogen) atoms. The molecular formula is C29H32N4O4. The van der Waals surface area contributed by atoms with Crippen LogP contribution in [0.15, 0.2) is 75.1 Å². The van der Waals surface area contributed by atoms with Crippen molar-refractivity contribution in [2.45, 2.75) is 46.3 Å². The summed E-state index contributed by atoms with van der Waals surface area (Å²) in [7, 11) is 1.82. The van der Waals surface area contributed by atoms with E-state index < -0.39 is 11.6 Å². The van der Waals surface area contributed by atoms with Gasteiger partial charge in [-0.15, -0.1) is 0 Å². The van der Waals surface area contributed by atoms with Gasteiger partial charge in [-0.05, 0) is 70.5 Å². The molecule has 0 aliphatic rings. The van der Waals surface area contributed by atoms with Crippen LogP contribution in [0.4, 0.5) is 5.69 Å². The van der Waals surface area contributed by atoms with Gasteiger partial charge in [-0.2, -0.15) is 5.10 Å². The Balaban J connectivity index is 1.79. The molecule has 3 N–H and O–H groups in total. The van der Waals surface area contributed by atoms with E-state index in [0.29, 0.717) is 33.5 Å². The van der Waals surface area contributed by atoms with E-state index in [1.807, 2.05) is 78.2 Å². The summed E-state index contributed by atoms with van der Waals surface area (Å²) < 4.78 is 13.7. The predicted octanol–water partition coefficient (Wildman–Crippen LogP) is 5.01. The molecule has 8 heteroatoms. The molecule has 0 radical (unpaired) electrons. The quantitative estimate of drug-likeness (QED) is 0.226. The smallest absolute Gasteiger partial charge is 0.340 e. The molecule has 2 aromatic carbocycles. The van der Waals surface area contributed by atoms with Crippen molar-refractivity contribution in [1.29, 1.82) is 0 Å². The number of nitrogens with one attached hydrogen (secondary N) is 1. The Morgan fingerprint density at radius 2 is 1.86 bits per heavy atom. The maximum atomic E-state index is 13.2. The number of pyridine rings is 1. The highest BCUT2D eigenvalue weighted by Crippen LogP contribution is 2.31. The topological polar surface area (TPSA) is 112 Å². The van der Waals surface area contributed by atoms with Crippen LogP contribution in [0, 0.1) is 6.92 Å². The molecule has 1 atom stereocenters. The van der Waals surface area contributed by atoms with Gasteiger partial charge in [0, 0.05) is 36.1 Å². The molecule has 2 heterocycles. The lowest BCUT2D eigenvalue weighted by Gasteiger charge is -2.22. The molecule has 192 valence electrons. The third kappa shape index (κ3) is 5.58. The Morgan fingerprint density at radius 1 is 1.14 bits per heavy atom. The molecule has 4 aromatic rings. The van der Waals surface area contributed by atoms with Gasteiger partial charge >= 0.3 is 5.97 Å². The second-order valence-electron chi connectivity index (χ2n) is 10.1.